The van der Waals surface area contributed by atoms with E-state index < -0.39 is 0 Å². The fraction of sp³-hybridized carbons (Fsp3) is 0.667. The number of rotatable bonds is 2. The van der Waals surface area contributed by atoms with Crippen LogP contribution in [0, 0.1) is 0 Å². The van der Waals surface area contributed by atoms with Crippen molar-refractivity contribution in [2.24, 2.45) is 0 Å². The molecule has 13 heavy (non-hydrogen) atoms. The number of hydrogen-bond acceptors (Lipinski definition) is 3. The molecule has 72 valence electrons. The van der Waals surface area contributed by atoms with Crippen LogP contribution in [0.5, 0.6) is 0 Å². The van der Waals surface area contributed by atoms with Gasteiger partial charge >= 0.3 is 4.87 Å². The van der Waals surface area contributed by atoms with Gasteiger partial charge in [-0.15, -0.1) is 0 Å². The summed E-state index contributed by atoms with van der Waals surface area (Å²) in [5.41, 5.74) is 0. The van der Waals surface area contributed by atoms with Gasteiger partial charge in [-0.3, -0.25) is 4.79 Å². The van der Waals surface area contributed by atoms with Crippen LogP contribution in [0.2, 0.25) is 0 Å². The van der Waals surface area contributed by atoms with Crippen LogP contribution in [0.25, 0.3) is 0 Å². The molecule has 0 radical (unpaired) electrons. The van der Waals surface area contributed by atoms with E-state index >= 15 is 0 Å². The number of ether oxygens (including phenoxy) is 1. The Balaban J connectivity index is 1.99. The molecule has 4 heteroatoms. The minimum atomic E-state index is 0.114. The summed E-state index contributed by atoms with van der Waals surface area (Å²) >= 11 is 1.24. The van der Waals surface area contributed by atoms with E-state index in [1.807, 2.05) is 11.6 Å². The Bertz CT molecular complexity index is 330. The molecule has 1 aromatic rings. The Morgan fingerprint density at radius 3 is 3.08 bits per heavy atom. The van der Waals surface area contributed by atoms with Crippen molar-refractivity contribution in [1.82, 2.24) is 4.57 Å². The van der Waals surface area contributed by atoms with Crippen LogP contribution < -0.4 is 4.87 Å². The maximum atomic E-state index is 11.2. The van der Waals surface area contributed by atoms with Gasteiger partial charge in [0, 0.05) is 11.6 Å². The van der Waals surface area contributed by atoms with Gasteiger partial charge in [0.05, 0.1) is 18.8 Å². The van der Waals surface area contributed by atoms with Gasteiger partial charge in [0.25, 0.3) is 0 Å². The van der Waals surface area contributed by atoms with E-state index in [1.54, 1.807) is 4.57 Å². The quantitative estimate of drug-likeness (QED) is 0.722. The van der Waals surface area contributed by atoms with E-state index in [0.717, 1.165) is 12.8 Å². The van der Waals surface area contributed by atoms with E-state index in [4.69, 9.17) is 4.74 Å². The highest BCUT2D eigenvalue weighted by molar-refractivity contribution is 7.07. The molecule has 1 aliphatic rings. The zero-order valence-electron chi connectivity index (χ0n) is 7.60. The molecule has 3 nitrogen and oxygen atoms in total. The second kappa shape index (κ2) is 3.64. The first-order chi connectivity index (χ1) is 6.25. The first kappa shape index (κ1) is 8.97. The molecular formula is C9H13NO2S. The third kappa shape index (κ3) is 2.00. The Morgan fingerprint density at radius 1 is 1.69 bits per heavy atom. The van der Waals surface area contributed by atoms with E-state index in [9.17, 15) is 4.79 Å². The van der Waals surface area contributed by atoms with Crippen molar-refractivity contribution in [2.45, 2.75) is 38.5 Å². The molecule has 1 saturated heterocycles. The molecule has 0 saturated carbocycles. The third-order valence-electron chi connectivity index (χ3n) is 2.36. The van der Waals surface area contributed by atoms with Crippen molar-refractivity contribution >= 4 is 11.3 Å². The van der Waals surface area contributed by atoms with E-state index in [2.05, 4.69) is 6.92 Å². The lowest BCUT2D eigenvalue weighted by Crippen LogP contribution is -2.22. The number of hydrogen-bond donors (Lipinski definition) is 0. The highest BCUT2D eigenvalue weighted by Crippen LogP contribution is 2.19. The highest BCUT2D eigenvalue weighted by Gasteiger charge is 2.22. The SMILES string of the molecule is CC1CCC(Cn2ccsc2=O)O1. The van der Waals surface area contributed by atoms with Crippen molar-refractivity contribution in [3.05, 3.63) is 21.2 Å². The molecule has 2 unspecified atom stereocenters. The molecule has 0 aliphatic carbocycles. The number of nitrogens with zero attached hydrogens (tertiary/aromatic N) is 1. The topological polar surface area (TPSA) is 31.2 Å². The minimum Gasteiger partial charge on any atom is -0.373 e. The molecule has 0 N–H and O–H groups in total. The molecule has 0 spiro atoms. The van der Waals surface area contributed by atoms with Gasteiger partial charge in [0.2, 0.25) is 0 Å². The average molecular weight is 199 g/mol. The summed E-state index contributed by atoms with van der Waals surface area (Å²) < 4.78 is 7.36. The van der Waals surface area contributed by atoms with Gasteiger partial charge in [-0.2, -0.15) is 0 Å². The lowest BCUT2D eigenvalue weighted by Gasteiger charge is -2.10. The molecule has 0 bridgehead atoms. The fourth-order valence-corrected chi connectivity index (χ4v) is 2.26. The van der Waals surface area contributed by atoms with Crippen LogP contribution in [-0.2, 0) is 11.3 Å². The van der Waals surface area contributed by atoms with Gasteiger partial charge in [-0.1, -0.05) is 11.3 Å². The van der Waals surface area contributed by atoms with Crippen molar-refractivity contribution in [1.29, 1.82) is 0 Å². The van der Waals surface area contributed by atoms with E-state index in [0.29, 0.717) is 12.6 Å². The maximum absolute atomic E-state index is 11.2. The standard InChI is InChI=1S/C9H13NO2S/c1-7-2-3-8(12-7)6-10-4-5-13-9(10)11/h4-5,7-8H,2-3,6H2,1H3. The summed E-state index contributed by atoms with van der Waals surface area (Å²) in [6, 6.07) is 0. The Labute approximate surface area is 81.0 Å². The highest BCUT2D eigenvalue weighted by atomic mass is 32.1. The van der Waals surface area contributed by atoms with E-state index in [1.165, 1.54) is 11.3 Å². The van der Waals surface area contributed by atoms with Crippen LogP contribution in [-0.4, -0.2) is 16.8 Å². The molecule has 2 heterocycles. The Kier molecular flexibility index (Phi) is 2.51. The van der Waals surface area contributed by atoms with Crippen molar-refractivity contribution in [2.75, 3.05) is 0 Å². The molecule has 1 aromatic heterocycles. The largest absolute Gasteiger partial charge is 0.373 e. The molecule has 2 rings (SSSR count). The van der Waals surface area contributed by atoms with Crippen molar-refractivity contribution < 1.29 is 4.74 Å². The normalized spacial score (nSPS) is 28.1. The molecule has 0 aromatic carbocycles. The molecular weight excluding hydrogens is 186 g/mol. The van der Waals surface area contributed by atoms with Crippen molar-refractivity contribution in [3.8, 4) is 0 Å². The second-order valence-electron chi connectivity index (χ2n) is 3.47. The van der Waals surface area contributed by atoms with Crippen molar-refractivity contribution in [3.63, 3.8) is 0 Å². The van der Waals surface area contributed by atoms with Gasteiger partial charge in [0.15, 0.2) is 0 Å². The lowest BCUT2D eigenvalue weighted by atomic mass is 10.2. The molecule has 1 fully saturated rings. The van der Waals surface area contributed by atoms with Crippen LogP contribution >= 0.6 is 11.3 Å². The number of aromatic nitrogens is 1. The van der Waals surface area contributed by atoms with Gasteiger partial charge in [-0.25, -0.2) is 0 Å². The monoisotopic (exact) mass is 199 g/mol. The summed E-state index contributed by atoms with van der Waals surface area (Å²) in [5.74, 6) is 0. The summed E-state index contributed by atoms with van der Waals surface area (Å²) in [4.78, 5) is 11.3. The smallest absolute Gasteiger partial charge is 0.307 e. The zero-order chi connectivity index (χ0) is 9.26. The first-order valence-corrected chi connectivity index (χ1v) is 5.43. The fourth-order valence-electron chi connectivity index (χ4n) is 1.66. The Morgan fingerprint density at radius 2 is 2.54 bits per heavy atom. The van der Waals surface area contributed by atoms with Crippen LogP contribution in [0.3, 0.4) is 0 Å². The first-order valence-electron chi connectivity index (χ1n) is 4.55. The van der Waals surface area contributed by atoms with Gasteiger partial charge in [0.1, 0.15) is 0 Å². The predicted octanol–water partition coefficient (Wildman–Crippen LogP) is 1.48. The minimum absolute atomic E-state index is 0.114. The lowest BCUT2D eigenvalue weighted by molar-refractivity contribution is 0.0455. The predicted molar refractivity (Wildman–Crippen MR) is 52.1 cm³/mol. The van der Waals surface area contributed by atoms with Crippen LogP contribution in [0.4, 0.5) is 0 Å². The summed E-state index contributed by atoms with van der Waals surface area (Å²) in [6.45, 7) is 2.79. The second-order valence-corrected chi connectivity index (χ2v) is 4.32. The van der Waals surface area contributed by atoms with Gasteiger partial charge < -0.3 is 9.30 Å². The zero-order valence-corrected chi connectivity index (χ0v) is 8.42. The van der Waals surface area contributed by atoms with Crippen LogP contribution in [0.1, 0.15) is 19.8 Å². The molecule has 2 atom stereocenters. The summed E-state index contributed by atoms with van der Waals surface area (Å²) in [6.07, 6.45) is 4.62. The van der Waals surface area contributed by atoms with Gasteiger partial charge in [-0.05, 0) is 19.8 Å². The molecule has 1 aliphatic heterocycles. The Hall–Kier alpha value is -0.610. The van der Waals surface area contributed by atoms with E-state index in [-0.39, 0.29) is 11.0 Å². The summed E-state index contributed by atoms with van der Waals surface area (Å²) in [5, 5.41) is 1.82. The summed E-state index contributed by atoms with van der Waals surface area (Å²) in [7, 11) is 0. The number of thiazole rings is 1. The average Bonchev–Trinajstić information content (AvgIpc) is 2.64. The maximum Gasteiger partial charge on any atom is 0.307 e. The molecule has 0 amide bonds. The third-order valence-corrected chi connectivity index (χ3v) is 3.06. The van der Waals surface area contributed by atoms with Crippen LogP contribution in [0.15, 0.2) is 16.4 Å².